The quantitative estimate of drug-likeness (QED) is 0.879. The molecule has 0 saturated heterocycles. The van der Waals surface area contributed by atoms with Crippen molar-refractivity contribution in [2.24, 2.45) is 5.92 Å². The molecule has 0 aromatic carbocycles. The maximum absolute atomic E-state index is 11.7. The van der Waals surface area contributed by atoms with Crippen molar-refractivity contribution in [3.63, 3.8) is 0 Å². The zero-order valence-corrected chi connectivity index (χ0v) is 12.1. The van der Waals surface area contributed by atoms with Crippen molar-refractivity contribution in [3.05, 3.63) is 11.9 Å². The van der Waals surface area contributed by atoms with Crippen LogP contribution in [0.25, 0.3) is 0 Å². The van der Waals surface area contributed by atoms with E-state index >= 15 is 0 Å². The number of ether oxygens (including phenoxy) is 1. The third kappa shape index (κ3) is 2.69. The molecule has 0 bridgehead atoms. The van der Waals surface area contributed by atoms with Gasteiger partial charge in [-0.05, 0) is 38.5 Å². The lowest BCUT2D eigenvalue weighted by Crippen LogP contribution is -2.49. The Kier molecular flexibility index (Phi) is 4.11. The Labute approximate surface area is 118 Å². The fourth-order valence-electron chi connectivity index (χ4n) is 2.64. The number of carboxylic acid groups (broad SMARTS) is 1. The molecule has 0 spiro atoms. The number of rotatable bonds is 4. The summed E-state index contributed by atoms with van der Waals surface area (Å²) in [7, 11) is 1.54. The number of methoxy groups -OCH3 is 1. The lowest BCUT2D eigenvalue weighted by molar-refractivity contribution is -0.143. The molecule has 1 aliphatic carbocycles. The van der Waals surface area contributed by atoms with Gasteiger partial charge >= 0.3 is 5.97 Å². The van der Waals surface area contributed by atoms with Crippen molar-refractivity contribution in [3.8, 4) is 5.88 Å². The summed E-state index contributed by atoms with van der Waals surface area (Å²) in [6.07, 6.45) is 4.40. The molecule has 1 fully saturated rings. The van der Waals surface area contributed by atoms with Gasteiger partial charge in [-0.25, -0.2) is 14.8 Å². The van der Waals surface area contributed by atoms with E-state index in [1.807, 2.05) is 6.92 Å². The number of hydrogen-bond acceptors (Lipinski definition) is 5. The first-order valence-electron chi connectivity index (χ1n) is 6.85. The van der Waals surface area contributed by atoms with E-state index in [1.165, 1.54) is 13.4 Å². The van der Waals surface area contributed by atoms with Crippen LogP contribution in [0.4, 0.5) is 5.82 Å². The first kappa shape index (κ1) is 14.6. The normalized spacial score (nSPS) is 26.1. The number of hydrogen-bond donors (Lipinski definition) is 2. The van der Waals surface area contributed by atoms with Gasteiger partial charge in [0.05, 0.1) is 12.7 Å². The van der Waals surface area contributed by atoms with Crippen LogP contribution in [0.1, 0.15) is 38.2 Å². The van der Waals surface area contributed by atoms with Crippen LogP contribution in [0.15, 0.2) is 6.33 Å². The predicted octanol–water partition coefficient (Wildman–Crippen LogP) is 2.24. The number of aromatic nitrogens is 2. The molecule has 1 aromatic heterocycles. The molecule has 2 N–H and O–H groups in total. The molecule has 1 heterocycles. The fourth-order valence-corrected chi connectivity index (χ4v) is 2.64. The van der Waals surface area contributed by atoms with Gasteiger partial charge in [-0.3, -0.25) is 0 Å². The van der Waals surface area contributed by atoms with Crippen molar-refractivity contribution < 1.29 is 14.6 Å². The van der Waals surface area contributed by atoms with Gasteiger partial charge in [0.1, 0.15) is 17.7 Å². The Morgan fingerprint density at radius 1 is 1.45 bits per heavy atom. The molecule has 1 aliphatic rings. The number of nitrogens with one attached hydrogen (secondary N) is 1. The molecular weight excluding hydrogens is 258 g/mol. The number of carbonyl (C=O) groups is 1. The second-order valence-electron chi connectivity index (χ2n) is 5.55. The predicted molar refractivity (Wildman–Crippen MR) is 74.9 cm³/mol. The minimum Gasteiger partial charge on any atom is -0.481 e. The van der Waals surface area contributed by atoms with E-state index in [2.05, 4.69) is 22.2 Å². The highest BCUT2D eigenvalue weighted by molar-refractivity contribution is 5.83. The van der Waals surface area contributed by atoms with Crippen molar-refractivity contribution in [2.75, 3.05) is 12.4 Å². The lowest BCUT2D eigenvalue weighted by Gasteiger charge is -2.37. The molecule has 0 atom stereocenters. The Morgan fingerprint density at radius 2 is 2.10 bits per heavy atom. The molecule has 2 rings (SSSR count). The van der Waals surface area contributed by atoms with Gasteiger partial charge in [-0.1, -0.05) is 6.92 Å². The van der Waals surface area contributed by atoms with Crippen LogP contribution in [0, 0.1) is 12.8 Å². The van der Waals surface area contributed by atoms with Crippen molar-refractivity contribution in [1.29, 1.82) is 0 Å². The number of anilines is 1. The van der Waals surface area contributed by atoms with Crippen LogP contribution in [-0.4, -0.2) is 33.7 Å². The van der Waals surface area contributed by atoms with Crippen LogP contribution in [0.2, 0.25) is 0 Å². The molecule has 20 heavy (non-hydrogen) atoms. The maximum Gasteiger partial charge on any atom is 0.329 e. The minimum atomic E-state index is -0.934. The molecule has 0 amide bonds. The van der Waals surface area contributed by atoms with Crippen molar-refractivity contribution in [1.82, 2.24) is 9.97 Å². The summed E-state index contributed by atoms with van der Waals surface area (Å²) >= 11 is 0. The summed E-state index contributed by atoms with van der Waals surface area (Å²) in [6, 6.07) is 0. The van der Waals surface area contributed by atoms with Crippen LogP contribution in [0.3, 0.4) is 0 Å². The molecule has 110 valence electrons. The highest BCUT2D eigenvalue weighted by atomic mass is 16.5. The fraction of sp³-hybridized carbons (Fsp3) is 0.643. The van der Waals surface area contributed by atoms with Gasteiger partial charge in [-0.2, -0.15) is 0 Å². The van der Waals surface area contributed by atoms with Crippen molar-refractivity contribution in [2.45, 2.75) is 45.1 Å². The van der Waals surface area contributed by atoms with E-state index < -0.39 is 11.5 Å². The highest BCUT2D eigenvalue weighted by Gasteiger charge is 2.41. The monoisotopic (exact) mass is 279 g/mol. The van der Waals surface area contributed by atoms with E-state index in [4.69, 9.17) is 4.74 Å². The van der Waals surface area contributed by atoms with Crippen molar-refractivity contribution >= 4 is 11.8 Å². The first-order chi connectivity index (χ1) is 9.48. The minimum absolute atomic E-state index is 0.465. The zero-order chi connectivity index (χ0) is 14.8. The Hall–Kier alpha value is -1.85. The van der Waals surface area contributed by atoms with E-state index in [-0.39, 0.29) is 0 Å². The molecule has 6 heteroatoms. The van der Waals surface area contributed by atoms with E-state index in [0.29, 0.717) is 30.5 Å². The summed E-state index contributed by atoms with van der Waals surface area (Å²) in [6.45, 7) is 3.98. The summed E-state index contributed by atoms with van der Waals surface area (Å²) in [5, 5.41) is 12.7. The molecule has 1 saturated carbocycles. The average Bonchev–Trinajstić information content (AvgIpc) is 2.43. The molecule has 6 nitrogen and oxygen atoms in total. The Bertz CT molecular complexity index is 496. The third-order valence-electron chi connectivity index (χ3n) is 4.13. The van der Waals surface area contributed by atoms with Gasteiger partial charge < -0.3 is 15.2 Å². The van der Waals surface area contributed by atoms with Crippen LogP contribution in [-0.2, 0) is 4.79 Å². The average molecular weight is 279 g/mol. The smallest absolute Gasteiger partial charge is 0.329 e. The Balaban J connectivity index is 2.27. The van der Waals surface area contributed by atoms with E-state index in [1.54, 1.807) is 0 Å². The molecule has 1 aromatic rings. The zero-order valence-electron chi connectivity index (χ0n) is 12.1. The van der Waals surface area contributed by atoms with Crippen LogP contribution >= 0.6 is 0 Å². The summed E-state index contributed by atoms with van der Waals surface area (Å²) in [5.74, 6) is 0.757. The summed E-state index contributed by atoms with van der Waals surface area (Å²) < 4.78 is 5.15. The highest BCUT2D eigenvalue weighted by Crippen LogP contribution is 2.35. The number of aliphatic carboxylic acids is 1. The van der Waals surface area contributed by atoms with Gasteiger partial charge in [0.15, 0.2) is 0 Å². The number of nitrogens with zero attached hydrogens (tertiary/aromatic N) is 2. The second-order valence-corrected chi connectivity index (χ2v) is 5.55. The van der Waals surface area contributed by atoms with E-state index in [0.717, 1.165) is 18.4 Å². The van der Waals surface area contributed by atoms with Crippen LogP contribution in [0.5, 0.6) is 5.88 Å². The largest absolute Gasteiger partial charge is 0.481 e. The Morgan fingerprint density at radius 3 is 2.65 bits per heavy atom. The summed E-state index contributed by atoms with van der Waals surface area (Å²) in [5.41, 5.74) is -0.203. The molecule has 0 aliphatic heterocycles. The first-order valence-corrected chi connectivity index (χ1v) is 6.85. The van der Waals surface area contributed by atoms with E-state index in [9.17, 15) is 9.90 Å². The van der Waals surface area contributed by atoms with Gasteiger partial charge in [0, 0.05) is 0 Å². The standard InChI is InChI=1S/C14H21N3O3/c1-9-4-6-14(7-5-9,13(18)19)17-11-10(2)12(20-3)16-8-15-11/h8-9H,4-7H2,1-3H3,(H,18,19)(H,15,16,17). The summed E-state index contributed by atoms with van der Waals surface area (Å²) in [4.78, 5) is 19.9. The maximum atomic E-state index is 11.7. The van der Waals surface area contributed by atoms with Gasteiger partial charge in [0.2, 0.25) is 5.88 Å². The van der Waals surface area contributed by atoms with Gasteiger partial charge in [0.25, 0.3) is 0 Å². The topological polar surface area (TPSA) is 84.3 Å². The second kappa shape index (κ2) is 5.64. The third-order valence-corrected chi connectivity index (χ3v) is 4.13. The lowest BCUT2D eigenvalue weighted by atomic mass is 9.77. The SMILES string of the molecule is COc1ncnc(NC2(C(=O)O)CCC(C)CC2)c1C. The molecular formula is C14H21N3O3. The molecule has 0 unspecified atom stereocenters. The molecule has 0 radical (unpaired) electrons. The van der Waals surface area contributed by atoms with Crippen LogP contribution < -0.4 is 10.1 Å². The number of carboxylic acids is 1. The van der Waals surface area contributed by atoms with Gasteiger partial charge in [-0.15, -0.1) is 0 Å².